The molecule has 0 aromatic heterocycles. The van der Waals surface area contributed by atoms with Gasteiger partial charge in [-0.05, 0) is 33.9 Å². The van der Waals surface area contributed by atoms with Crippen LogP contribution in [-0.2, 0) is 5.41 Å². The van der Waals surface area contributed by atoms with Crippen molar-refractivity contribution in [2.45, 2.75) is 26.2 Å². The monoisotopic (exact) mass is 227 g/mol. The maximum absolute atomic E-state index is 11.5. The van der Waals surface area contributed by atoms with Crippen LogP contribution in [0.3, 0.4) is 0 Å². The Morgan fingerprint density at radius 3 is 2.06 bits per heavy atom. The highest BCUT2D eigenvalue weighted by Gasteiger charge is 2.21. The molecule has 0 spiro atoms. The first-order valence-corrected chi connectivity index (χ1v) is 5.72. The number of carbonyl (C=O) groups excluding carboxylic acids is 1. The Morgan fingerprint density at radius 1 is 1.06 bits per heavy atom. The van der Waals surface area contributed by atoms with Gasteiger partial charge in [-0.2, -0.15) is 0 Å². The summed E-state index contributed by atoms with van der Waals surface area (Å²) in [5.41, 5.74) is 7.00. The van der Waals surface area contributed by atoms with Gasteiger partial charge in [-0.15, -0.1) is 0 Å². The molecule has 17 heavy (non-hydrogen) atoms. The minimum absolute atomic E-state index is 0.0889. The number of rotatable bonds is 1. The molecule has 88 valence electrons. The minimum Gasteiger partial charge on any atom is -0.366 e. The summed E-state index contributed by atoms with van der Waals surface area (Å²) in [6, 6.07) is 12.0. The Hall–Kier alpha value is -1.83. The third kappa shape index (κ3) is 2.16. The highest BCUT2D eigenvalue weighted by Crippen LogP contribution is 2.29. The molecule has 2 aromatic rings. The third-order valence-corrected chi connectivity index (χ3v) is 2.96. The first-order valence-electron chi connectivity index (χ1n) is 5.72. The fraction of sp³-hybridized carbons (Fsp3) is 0.267. The molecule has 0 atom stereocenters. The number of benzene rings is 2. The predicted molar refractivity (Wildman–Crippen MR) is 71.2 cm³/mol. The molecule has 1 amide bonds. The van der Waals surface area contributed by atoms with Crippen LogP contribution < -0.4 is 5.73 Å². The lowest BCUT2D eigenvalue weighted by atomic mass is 9.82. The van der Waals surface area contributed by atoms with Gasteiger partial charge in [-0.25, -0.2) is 0 Å². The van der Waals surface area contributed by atoms with Crippen molar-refractivity contribution in [3.05, 3.63) is 47.5 Å². The van der Waals surface area contributed by atoms with E-state index < -0.39 is 0 Å². The van der Waals surface area contributed by atoms with E-state index in [9.17, 15) is 4.79 Å². The summed E-state index contributed by atoms with van der Waals surface area (Å²) in [7, 11) is 0. The molecule has 0 aliphatic heterocycles. The quantitative estimate of drug-likeness (QED) is 0.798. The van der Waals surface area contributed by atoms with E-state index in [0.29, 0.717) is 5.56 Å². The molecule has 0 aliphatic rings. The minimum atomic E-state index is -0.360. The number of hydrogen-bond donors (Lipinski definition) is 1. The van der Waals surface area contributed by atoms with E-state index >= 15 is 0 Å². The molecule has 0 heterocycles. The Morgan fingerprint density at radius 2 is 1.59 bits per heavy atom. The van der Waals surface area contributed by atoms with E-state index in [0.717, 1.165) is 16.3 Å². The van der Waals surface area contributed by atoms with Gasteiger partial charge >= 0.3 is 0 Å². The molecule has 0 radical (unpaired) electrons. The smallest absolute Gasteiger partial charge is 0.249 e. The summed E-state index contributed by atoms with van der Waals surface area (Å²) in [5.74, 6) is -0.360. The van der Waals surface area contributed by atoms with Gasteiger partial charge in [0.2, 0.25) is 5.91 Å². The van der Waals surface area contributed by atoms with Gasteiger partial charge in [0.05, 0.1) is 0 Å². The third-order valence-electron chi connectivity index (χ3n) is 2.96. The number of hydrogen-bond acceptors (Lipinski definition) is 1. The van der Waals surface area contributed by atoms with E-state index in [4.69, 9.17) is 5.73 Å². The fourth-order valence-corrected chi connectivity index (χ4v) is 2.06. The van der Waals surface area contributed by atoms with Crippen molar-refractivity contribution in [2.24, 2.45) is 5.73 Å². The maximum atomic E-state index is 11.5. The zero-order valence-corrected chi connectivity index (χ0v) is 10.4. The second kappa shape index (κ2) is 3.88. The van der Waals surface area contributed by atoms with Crippen molar-refractivity contribution in [2.75, 3.05) is 0 Å². The Balaban J connectivity index is 2.80. The summed E-state index contributed by atoms with van der Waals surface area (Å²) in [5, 5.41) is 2.19. The molecule has 2 N–H and O–H groups in total. The largest absolute Gasteiger partial charge is 0.366 e. The van der Waals surface area contributed by atoms with E-state index in [-0.39, 0.29) is 11.3 Å². The average Bonchev–Trinajstić information content (AvgIpc) is 2.26. The molecular weight excluding hydrogens is 210 g/mol. The number of nitrogens with two attached hydrogens (primary N) is 1. The molecule has 0 saturated carbocycles. The predicted octanol–water partition coefficient (Wildman–Crippen LogP) is 3.24. The zero-order valence-electron chi connectivity index (χ0n) is 10.4. The molecule has 0 unspecified atom stereocenters. The molecular formula is C15H17NO. The summed E-state index contributed by atoms with van der Waals surface area (Å²) >= 11 is 0. The van der Waals surface area contributed by atoms with Crippen LogP contribution in [0.2, 0.25) is 0 Å². The normalized spacial score (nSPS) is 11.7. The van der Waals surface area contributed by atoms with Crippen LogP contribution >= 0.6 is 0 Å². The summed E-state index contributed by atoms with van der Waals surface area (Å²) in [6.45, 7) is 6.26. The highest BCUT2D eigenvalue weighted by molar-refractivity contribution is 5.99. The van der Waals surface area contributed by atoms with Gasteiger partial charge in [-0.1, -0.05) is 45.0 Å². The van der Waals surface area contributed by atoms with Crippen molar-refractivity contribution in [3.63, 3.8) is 0 Å². The molecule has 0 fully saturated rings. The topological polar surface area (TPSA) is 43.1 Å². The van der Waals surface area contributed by atoms with E-state index in [1.807, 2.05) is 24.3 Å². The molecule has 0 aliphatic carbocycles. The van der Waals surface area contributed by atoms with Crippen molar-refractivity contribution in [3.8, 4) is 0 Å². The van der Waals surface area contributed by atoms with Crippen LogP contribution in [-0.4, -0.2) is 5.91 Å². The van der Waals surface area contributed by atoms with Crippen molar-refractivity contribution >= 4 is 16.7 Å². The lowest BCUT2D eigenvalue weighted by Crippen LogP contribution is -2.21. The SMILES string of the molecule is CC(C)(C)c1cc2ccccc2cc1C(N)=O. The number of fused-ring (bicyclic) bond motifs is 1. The van der Waals surface area contributed by atoms with Gasteiger partial charge in [0, 0.05) is 5.56 Å². The number of carbonyl (C=O) groups is 1. The van der Waals surface area contributed by atoms with Crippen molar-refractivity contribution < 1.29 is 4.79 Å². The van der Waals surface area contributed by atoms with Crippen LogP contribution in [0.15, 0.2) is 36.4 Å². The molecule has 2 nitrogen and oxygen atoms in total. The first-order chi connectivity index (χ1) is 7.89. The molecule has 2 rings (SSSR count). The highest BCUT2D eigenvalue weighted by atomic mass is 16.1. The first kappa shape index (κ1) is 11.6. The second-order valence-corrected chi connectivity index (χ2v) is 5.36. The molecule has 2 heteroatoms. The van der Waals surface area contributed by atoms with Crippen LogP contribution in [0, 0.1) is 0 Å². The zero-order chi connectivity index (χ0) is 12.6. The molecule has 2 aromatic carbocycles. The van der Waals surface area contributed by atoms with E-state index in [1.54, 1.807) is 0 Å². The van der Waals surface area contributed by atoms with Crippen molar-refractivity contribution in [1.29, 1.82) is 0 Å². The van der Waals surface area contributed by atoms with Crippen LogP contribution in [0.1, 0.15) is 36.7 Å². The van der Waals surface area contributed by atoms with Crippen LogP contribution in [0.4, 0.5) is 0 Å². The second-order valence-electron chi connectivity index (χ2n) is 5.36. The van der Waals surface area contributed by atoms with Gasteiger partial charge in [0.1, 0.15) is 0 Å². The summed E-state index contributed by atoms with van der Waals surface area (Å²) < 4.78 is 0. The maximum Gasteiger partial charge on any atom is 0.249 e. The number of amides is 1. The molecule has 0 bridgehead atoms. The molecule has 0 saturated heterocycles. The number of primary amides is 1. The Bertz CT molecular complexity index is 579. The van der Waals surface area contributed by atoms with Crippen LogP contribution in [0.5, 0.6) is 0 Å². The summed E-state index contributed by atoms with van der Waals surface area (Å²) in [6.07, 6.45) is 0. The standard InChI is InChI=1S/C15H17NO/c1-15(2,3)13-9-11-7-5-4-6-10(11)8-12(13)14(16)17/h4-9H,1-3H3,(H2,16,17). The van der Waals surface area contributed by atoms with Gasteiger partial charge in [0.25, 0.3) is 0 Å². The van der Waals surface area contributed by atoms with Gasteiger partial charge < -0.3 is 5.73 Å². The lowest BCUT2D eigenvalue weighted by Gasteiger charge is -2.22. The fourth-order valence-electron chi connectivity index (χ4n) is 2.06. The van der Waals surface area contributed by atoms with E-state index in [1.165, 1.54) is 0 Å². The lowest BCUT2D eigenvalue weighted by molar-refractivity contribution is 0.0998. The average molecular weight is 227 g/mol. The summed E-state index contributed by atoms with van der Waals surface area (Å²) in [4.78, 5) is 11.5. The van der Waals surface area contributed by atoms with Gasteiger partial charge in [-0.3, -0.25) is 4.79 Å². The van der Waals surface area contributed by atoms with Gasteiger partial charge in [0.15, 0.2) is 0 Å². The Kier molecular flexibility index (Phi) is 2.66. The van der Waals surface area contributed by atoms with Crippen molar-refractivity contribution in [1.82, 2.24) is 0 Å². The van der Waals surface area contributed by atoms with E-state index in [2.05, 4.69) is 32.9 Å². The van der Waals surface area contributed by atoms with Crippen LogP contribution in [0.25, 0.3) is 10.8 Å². The Labute approximate surface area is 101 Å².